The minimum absolute atomic E-state index is 0.0553. The number of hydrogen-bond acceptors (Lipinski definition) is 4. The molecular formula is C14H20N2O4S. The molecule has 7 heteroatoms. The predicted molar refractivity (Wildman–Crippen MR) is 79.7 cm³/mol. The van der Waals surface area contributed by atoms with Crippen LogP contribution in [0.15, 0.2) is 23.1 Å². The average molecular weight is 312 g/mol. The van der Waals surface area contributed by atoms with E-state index >= 15 is 0 Å². The molecule has 1 aromatic rings. The molecule has 0 saturated carbocycles. The molecule has 2 N–H and O–H groups in total. The molecule has 0 saturated heterocycles. The molecule has 2 rings (SSSR count). The van der Waals surface area contributed by atoms with Crippen LogP contribution < -0.4 is 9.62 Å². The zero-order valence-electron chi connectivity index (χ0n) is 12.0. The number of hydrogen-bond donors (Lipinski definition) is 2. The molecule has 1 amide bonds. The van der Waals surface area contributed by atoms with Crippen LogP contribution in [-0.4, -0.2) is 39.1 Å². The van der Waals surface area contributed by atoms with Crippen molar-refractivity contribution in [2.24, 2.45) is 0 Å². The van der Waals surface area contributed by atoms with Crippen LogP contribution >= 0.6 is 0 Å². The number of benzene rings is 1. The number of rotatable bonds is 6. The van der Waals surface area contributed by atoms with E-state index in [4.69, 9.17) is 5.11 Å². The lowest BCUT2D eigenvalue weighted by molar-refractivity contribution is -0.118. The lowest BCUT2D eigenvalue weighted by Crippen LogP contribution is -2.35. The average Bonchev–Trinajstić information content (AvgIpc) is 2.47. The van der Waals surface area contributed by atoms with Gasteiger partial charge in [-0.3, -0.25) is 4.79 Å². The van der Waals surface area contributed by atoms with Gasteiger partial charge >= 0.3 is 0 Å². The maximum absolute atomic E-state index is 12.1. The van der Waals surface area contributed by atoms with Gasteiger partial charge in [0.15, 0.2) is 0 Å². The van der Waals surface area contributed by atoms with Crippen molar-refractivity contribution in [3.63, 3.8) is 0 Å². The highest BCUT2D eigenvalue weighted by Crippen LogP contribution is 2.29. The zero-order chi connectivity index (χ0) is 15.5. The molecule has 116 valence electrons. The van der Waals surface area contributed by atoms with E-state index in [2.05, 4.69) is 4.72 Å². The molecule has 1 heterocycles. The van der Waals surface area contributed by atoms with Crippen LogP contribution in [0.2, 0.25) is 0 Å². The monoisotopic (exact) mass is 312 g/mol. The first-order valence-corrected chi connectivity index (χ1v) is 8.51. The SMILES string of the molecule is CCN1C(=O)CCc2cc(S(=O)(=O)NCCCO)ccc21. The Morgan fingerprint density at radius 2 is 2.10 bits per heavy atom. The van der Waals surface area contributed by atoms with Crippen LogP contribution in [-0.2, 0) is 21.2 Å². The zero-order valence-corrected chi connectivity index (χ0v) is 12.8. The Kier molecular flexibility index (Phi) is 4.97. The highest BCUT2D eigenvalue weighted by atomic mass is 32.2. The fraction of sp³-hybridized carbons (Fsp3) is 0.500. The summed E-state index contributed by atoms with van der Waals surface area (Å²) >= 11 is 0. The minimum Gasteiger partial charge on any atom is -0.396 e. The summed E-state index contributed by atoms with van der Waals surface area (Å²) in [7, 11) is -3.57. The van der Waals surface area contributed by atoms with Gasteiger partial charge in [-0.05, 0) is 43.5 Å². The van der Waals surface area contributed by atoms with Gasteiger partial charge < -0.3 is 10.0 Å². The molecular weight excluding hydrogens is 292 g/mol. The molecule has 0 fully saturated rings. The van der Waals surface area contributed by atoms with E-state index in [1.54, 1.807) is 17.0 Å². The van der Waals surface area contributed by atoms with E-state index in [0.717, 1.165) is 11.3 Å². The molecule has 0 aromatic heterocycles. The molecule has 6 nitrogen and oxygen atoms in total. The normalized spacial score (nSPS) is 15.1. The number of aliphatic hydroxyl groups excluding tert-OH is 1. The van der Waals surface area contributed by atoms with Crippen LogP contribution in [0, 0.1) is 0 Å². The second-order valence-corrected chi connectivity index (χ2v) is 6.67. The summed E-state index contributed by atoms with van der Waals surface area (Å²) in [5.41, 5.74) is 1.67. The second-order valence-electron chi connectivity index (χ2n) is 4.90. The second kappa shape index (κ2) is 6.55. The topological polar surface area (TPSA) is 86.7 Å². The van der Waals surface area contributed by atoms with Crippen molar-refractivity contribution in [2.45, 2.75) is 31.1 Å². The third kappa shape index (κ3) is 3.42. The Balaban J connectivity index is 2.27. The van der Waals surface area contributed by atoms with E-state index < -0.39 is 10.0 Å². The maximum Gasteiger partial charge on any atom is 0.240 e. The number of anilines is 1. The lowest BCUT2D eigenvalue weighted by Gasteiger charge is -2.28. The van der Waals surface area contributed by atoms with Gasteiger partial charge in [0.05, 0.1) is 4.90 Å². The summed E-state index contributed by atoms with van der Waals surface area (Å²) in [5, 5.41) is 8.70. The number of nitrogens with one attached hydrogen (secondary N) is 1. The number of carbonyl (C=O) groups excluding carboxylic acids is 1. The van der Waals surface area contributed by atoms with Crippen LogP contribution in [0.4, 0.5) is 5.69 Å². The van der Waals surface area contributed by atoms with Crippen molar-refractivity contribution in [3.05, 3.63) is 23.8 Å². The number of fused-ring (bicyclic) bond motifs is 1. The van der Waals surface area contributed by atoms with Gasteiger partial charge in [0.2, 0.25) is 15.9 Å². The standard InChI is InChI=1S/C14H20N2O4S/c1-2-16-13-6-5-12(10-11(13)4-7-14(16)18)21(19,20)15-8-3-9-17/h5-6,10,15,17H,2-4,7-9H2,1H3. The number of carbonyl (C=O) groups is 1. The molecule has 21 heavy (non-hydrogen) atoms. The molecule has 1 aromatic carbocycles. The van der Waals surface area contributed by atoms with Gasteiger partial charge in [0.25, 0.3) is 0 Å². The number of aliphatic hydroxyl groups is 1. The van der Waals surface area contributed by atoms with E-state index in [1.807, 2.05) is 6.92 Å². The van der Waals surface area contributed by atoms with Crippen molar-refractivity contribution in [1.29, 1.82) is 0 Å². The molecule has 1 aliphatic rings. The lowest BCUT2D eigenvalue weighted by atomic mass is 10.0. The summed E-state index contributed by atoms with van der Waals surface area (Å²) in [4.78, 5) is 13.7. The largest absolute Gasteiger partial charge is 0.396 e. The molecule has 0 spiro atoms. The smallest absolute Gasteiger partial charge is 0.240 e. The Bertz CT molecular complexity index is 628. The van der Waals surface area contributed by atoms with Crippen LogP contribution in [0.3, 0.4) is 0 Å². The summed E-state index contributed by atoms with van der Waals surface area (Å²) in [5.74, 6) is 0.0710. The van der Waals surface area contributed by atoms with Crippen LogP contribution in [0.25, 0.3) is 0 Å². The van der Waals surface area contributed by atoms with Gasteiger partial charge in [-0.1, -0.05) is 0 Å². The third-order valence-corrected chi connectivity index (χ3v) is 4.96. The Morgan fingerprint density at radius 1 is 1.33 bits per heavy atom. The van der Waals surface area contributed by atoms with Gasteiger partial charge in [-0.25, -0.2) is 13.1 Å². The molecule has 0 aliphatic carbocycles. The summed E-state index contributed by atoms with van der Waals surface area (Å²) < 4.78 is 26.7. The quantitative estimate of drug-likeness (QED) is 0.755. The molecule has 0 unspecified atom stereocenters. The van der Waals surface area contributed by atoms with Crippen molar-refractivity contribution in [2.75, 3.05) is 24.6 Å². The molecule has 0 atom stereocenters. The fourth-order valence-corrected chi connectivity index (χ4v) is 3.54. The van der Waals surface area contributed by atoms with Gasteiger partial charge in [-0.15, -0.1) is 0 Å². The van der Waals surface area contributed by atoms with Crippen LogP contribution in [0.1, 0.15) is 25.3 Å². The first-order chi connectivity index (χ1) is 9.99. The highest BCUT2D eigenvalue weighted by molar-refractivity contribution is 7.89. The molecule has 0 radical (unpaired) electrons. The summed E-state index contributed by atoms with van der Waals surface area (Å²) in [6.45, 7) is 2.62. The Hall–Kier alpha value is -1.44. The molecule has 0 bridgehead atoms. The van der Waals surface area contributed by atoms with E-state index in [0.29, 0.717) is 25.8 Å². The molecule has 1 aliphatic heterocycles. The third-order valence-electron chi connectivity index (χ3n) is 3.50. The highest BCUT2D eigenvalue weighted by Gasteiger charge is 2.24. The minimum atomic E-state index is -3.57. The number of nitrogens with zero attached hydrogens (tertiary/aromatic N) is 1. The van der Waals surface area contributed by atoms with E-state index in [-0.39, 0.29) is 24.0 Å². The summed E-state index contributed by atoms with van der Waals surface area (Å²) in [6.07, 6.45) is 1.34. The number of amides is 1. The van der Waals surface area contributed by atoms with Crippen molar-refractivity contribution < 1.29 is 18.3 Å². The van der Waals surface area contributed by atoms with Crippen molar-refractivity contribution in [1.82, 2.24) is 4.72 Å². The predicted octanol–water partition coefficient (Wildman–Crippen LogP) is 0.646. The van der Waals surface area contributed by atoms with Gasteiger partial charge in [0, 0.05) is 31.8 Å². The Labute approximate surface area is 124 Å². The first kappa shape index (κ1) is 15.9. The summed E-state index contributed by atoms with van der Waals surface area (Å²) in [6, 6.07) is 4.84. The van der Waals surface area contributed by atoms with Crippen molar-refractivity contribution >= 4 is 21.6 Å². The van der Waals surface area contributed by atoms with Gasteiger partial charge in [0.1, 0.15) is 0 Å². The van der Waals surface area contributed by atoms with E-state index in [1.165, 1.54) is 6.07 Å². The fourth-order valence-electron chi connectivity index (χ4n) is 2.42. The Morgan fingerprint density at radius 3 is 2.76 bits per heavy atom. The maximum atomic E-state index is 12.1. The van der Waals surface area contributed by atoms with Crippen molar-refractivity contribution in [3.8, 4) is 0 Å². The van der Waals surface area contributed by atoms with Crippen LogP contribution in [0.5, 0.6) is 0 Å². The number of sulfonamides is 1. The van der Waals surface area contributed by atoms with E-state index in [9.17, 15) is 13.2 Å². The first-order valence-electron chi connectivity index (χ1n) is 7.03. The number of aryl methyl sites for hydroxylation is 1. The van der Waals surface area contributed by atoms with Gasteiger partial charge in [-0.2, -0.15) is 0 Å².